The van der Waals surface area contributed by atoms with Crippen LogP contribution in [0.15, 0.2) is 42.5 Å². The highest BCUT2D eigenvalue weighted by Crippen LogP contribution is 2.27. The van der Waals surface area contributed by atoms with E-state index in [-0.39, 0.29) is 11.4 Å². The number of hydrogen-bond acceptors (Lipinski definition) is 5. The SMILES string of the molecule is CCOc1cc(NCc2ccccc2O)cc([N+](=O)[O-])c1. The number of nitrogens with zero attached hydrogens (tertiary/aromatic N) is 1. The van der Waals surface area contributed by atoms with Crippen LogP contribution in [0.25, 0.3) is 0 Å². The number of nitro benzene ring substituents is 1. The average molecular weight is 288 g/mol. The molecule has 6 nitrogen and oxygen atoms in total. The van der Waals surface area contributed by atoms with Gasteiger partial charge in [0.05, 0.1) is 17.6 Å². The predicted molar refractivity (Wildman–Crippen MR) is 79.7 cm³/mol. The van der Waals surface area contributed by atoms with E-state index in [1.165, 1.54) is 12.1 Å². The molecule has 0 unspecified atom stereocenters. The van der Waals surface area contributed by atoms with Crippen LogP contribution in [-0.4, -0.2) is 16.6 Å². The van der Waals surface area contributed by atoms with Gasteiger partial charge in [0.2, 0.25) is 0 Å². The monoisotopic (exact) mass is 288 g/mol. The van der Waals surface area contributed by atoms with Crippen LogP contribution < -0.4 is 10.1 Å². The van der Waals surface area contributed by atoms with Crippen molar-refractivity contribution in [1.82, 2.24) is 0 Å². The lowest BCUT2D eigenvalue weighted by atomic mass is 10.2. The zero-order chi connectivity index (χ0) is 15.2. The van der Waals surface area contributed by atoms with Crippen LogP contribution in [0.3, 0.4) is 0 Å². The van der Waals surface area contributed by atoms with E-state index in [1.807, 2.05) is 13.0 Å². The first-order valence-electron chi connectivity index (χ1n) is 6.53. The first kappa shape index (κ1) is 14.6. The van der Waals surface area contributed by atoms with E-state index in [0.717, 1.165) is 0 Å². The van der Waals surface area contributed by atoms with Crippen molar-refractivity contribution in [2.24, 2.45) is 0 Å². The fourth-order valence-electron chi connectivity index (χ4n) is 1.90. The van der Waals surface area contributed by atoms with Crippen LogP contribution in [-0.2, 0) is 6.54 Å². The van der Waals surface area contributed by atoms with Crippen molar-refractivity contribution in [1.29, 1.82) is 0 Å². The zero-order valence-corrected chi connectivity index (χ0v) is 11.6. The van der Waals surface area contributed by atoms with Crippen LogP contribution in [0.2, 0.25) is 0 Å². The number of anilines is 1. The van der Waals surface area contributed by atoms with E-state index in [4.69, 9.17) is 4.74 Å². The van der Waals surface area contributed by atoms with E-state index >= 15 is 0 Å². The van der Waals surface area contributed by atoms with E-state index < -0.39 is 4.92 Å². The molecular formula is C15H16N2O4. The Morgan fingerprint density at radius 3 is 2.71 bits per heavy atom. The molecule has 0 aliphatic heterocycles. The van der Waals surface area contributed by atoms with Crippen molar-refractivity contribution in [3.63, 3.8) is 0 Å². The fraction of sp³-hybridized carbons (Fsp3) is 0.200. The van der Waals surface area contributed by atoms with Crippen LogP contribution in [0.5, 0.6) is 11.5 Å². The van der Waals surface area contributed by atoms with Gasteiger partial charge in [0.1, 0.15) is 11.5 Å². The van der Waals surface area contributed by atoms with Crippen LogP contribution in [0, 0.1) is 10.1 Å². The second-order valence-electron chi connectivity index (χ2n) is 4.39. The Hall–Kier alpha value is -2.76. The van der Waals surface area contributed by atoms with Gasteiger partial charge in [-0.2, -0.15) is 0 Å². The molecule has 0 bridgehead atoms. The molecule has 0 atom stereocenters. The maximum Gasteiger partial charge on any atom is 0.275 e. The summed E-state index contributed by atoms with van der Waals surface area (Å²) in [6.07, 6.45) is 0. The number of ether oxygens (including phenoxy) is 1. The lowest BCUT2D eigenvalue weighted by Gasteiger charge is -2.10. The second kappa shape index (κ2) is 6.60. The van der Waals surface area contributed by atoms with Gasteiger partial charge in [-0.1, -0.05) is 18.2 Å². The fourth-order valence-corrected chi connectivity index (χ4v) is 1.90. The van der Waals surface area contributed by atoms with Gasteiger partial charge in [-0.3, -0.25) is 10.1 Å². The number of nitro groups is 1. The minimum Gasteiger partial charge on any atom is -0.508 e. The van der Waals surface area contributed by atoms with E-state index in [9.17, 15) is 15.2 Å². The van der Waals surface area contributed by atoms with Crippen molar-refractivity contribution in [3.8, 4) is 11.5 Å². The van der Waals surface area contributed by atoms with Gasteiger partial charge in [0, 0.05) is 29.9 Å². The lowest BCUT2D eigenvalue weighted by Crippen LogP contribution is -2.01. The molecule has 110 valence electrons. The van der Waals surface area contributed by atoms with Gasteiger partial charge in [-0.25, -0.2) is 0 Å². The third kappa shape index (κ3) is 3.85. The second-order valence-corrected chi connectivity index (χ2v) is 4.39. The molecule has 2 rings (SSSR count). The van der Waals surface area contributed by atoms with Crippen LogP contribution >= 0.6 is 0 Å². The number of phenols is 1. The summed E-state index contributed by atoms with van der Waals surface area (Å²) < 4.78 is 5.32. The molecule has 2 aromatic rings. The van der Waals surface area contributed by atoms with Crippen LogP contribution in [0.1, 0.15) is 12.5 Å². The summed E-state index contributed by atoms with van der Waals surface area (Å²) >= 11 is 0. The summed E-state index contributed by atoms with van der Waals surface area (Å²) in [4.78, 5) is 10.5. The molecule has 2 N–H and O–H groups in total. The summed E-state index contributed by atoms with van der Waals surface area (Å²) in [7, 11) is 0. The zero-order valence-electron chi connectivity index (χ0n) is 11.6. The quantitative estimate of drug-likeness (QED) is 0.629. The summed E-state index contributed by atoms with van der Waals surface area (Å²) in [5.41, 5.74) is 1.23. The molecule has 0 aliphatic rings. The summed E-state index contributed by atoms with van der Waals surface area (Å²) in [5.74, 6) is 0.618. The molecule has 0 fully saturated rings. The number of benzene rings is 2. The maximum absolute atomic E-state index is 10.9. The summed E-state index contributed by atoms with van der Waals surface area (Å²) in [6.45, 7) is 2.60. The van der Waals surface area contributed by atoms with E-state index in [2.05, 4.69) is 5.32 Å². The third-order valence-electron chi connectivity index (χ3n) is 2.89. The molecule has 2 aromatic carbocycles. The van der Waals surface area contributed by atoms with Gasteiger partial charge in [-0.15, -0.1) is 0 Å². The first-order chi connectivity index (χ1) is 10.1. The lowest BCUT2D eigenvalue weighted by molar-refractivity contribution is -0.384. The molecule has 0 aliphatic carbocycles. The molecule has 0 aromatic heterocycles. The highest BCUT2D eigenvalue weighted by Gasteiger charge is 2.11. The predicted octanol–water partition coefficient (Wildman–Crippen LogP) is 3.31. The first-order valence-corrected chi connectivity index (χ1v) is 6.53. The average Bonchev–Trinajstić information content (AvgIpc) is 2.46. The van der Waals surface area contributed by atoms with E-state index in [0.29, 0.717) is 30.2 Å². The number of non-ortho nitro benzene ring substituents is 1. The van der Waals surface area contributed by atoms with Gasteiger partial charge in [0.15, 0.2) is 0 Å². The Labute approximate surface area is 122 Å². The van der Waals surface area contributed by atoms with Crippen LogP contribution in [0.4, 0.5) is 11.4 Å². The number of aromatic hydroxyl groups is 1. The molecule has 21 heavy (non-hydrogen) atoms. The van der Waals surface area contributed by atoms with Gasteiger partial charge >= 0.3 is 0 Å². The Morgan fingerprint density at radius 1 is 1.29 bits per heavy atom. The summed E-state index contributed by atoms with van der Waals surface area (Å²) in [5, 5.41) is 23.7. The number of hydrogen-bond donors (Lipinski definition) is 2. The van der Waals surface area contributed by atoms with Crippen molar-refractivity contribution >= 4 is 11.4 Å². The number of nitrogens with one attached hydrogen (secondary N) is 1. The standard InChI is InChI=1S/C15H16N2O4/c1-2-21-14-8-12(7-13(9-14)17(19)20)16-10-11-5-3-4-6-15(11)18/h3-9,16,18H,2,10H2,1H3. The van der Waals surface area contributed by atoms with Gasteiger partial charge in [0.25, 0.3) is 5.69 Å². The third-order valence-corrected chi connectivity index (χ3v) is 2.89. The van der Waals surface area contributed by atoms with Crippen molar-refractivity contribution in [2.75, 3.05) is 11.9 Å². The van der Waals surface area contributed by atoms with Gasteiger partial charge in [-0.05, 0) is 13.0 Å². The maximum atomic E-state index is 10.9. The molecule has 0 heterocycles. The highest BCUT2D eigenvalue weighted by atomic mass is 16.6. The van der Waals surface area contributed by atoms with Crippen molar-refractivity contribution in [3.05, 3.63) is 58.1 Å². The Bertz CT molecular complexity index is 643. The van der Waals surface area contributed by atoms with Crippen molar-refractivity contribution < 1.29 is 14.8 Å². The number of rotatable bonds is 6. The molecular weight excluding hydrogens is 272 g/mol. The molecule has 0 amide bonds. The van der Waals surface area contributed by atoms with Gasteiger partial charge < -0.3 is 15.2 Å². The smallest absolute Gasteiger partial charge is 0.275 e. The Kier molecular flexibility index (Phi) is 4.61. The molecule has 0 radical (unpaired) electrons. The Morgan fingerprint density at radius 2 is 2.05 bits per heavy atom. The largest absolute Gasteiger partial charge is 0.508 e. The minimum atomic E-state index is -0.465. The Balaban J connectivity index is 2.19. The molecule has 0 spiro atoms. The summed E-state index contributed by atoms with van der Waals surface area (Å²) in [6, 6.07) is 11.4. The molecule has 6 heteroatoms. The molecule has 0 saturated heterocycles. The highest BCUT2D eigenvalue weighted by molar-refractivity contribution is 5.56. The minimum absolute atomic E-state index is 0.0410. The normalized spacial score (nSPS) is 10.1. The topological polar surface area (TPSA) is 84.6 Å². The van der Waals surface area contributed by atoms with Crippen molar-refractivity contribution in [2.45, 2.75) is 13.5 Å². The molecule has 0 saturated carbocycles. The van der Waals surface area contributed by atoms with E-state index in [1.54, 1.807) is 24.3 Å². The number of para-hydroxylation sites is 1. The number of phenolic OH excluding ortho intramolecular Hbond substituents is 1.